The molecule has 0 radical (unpaired) electrons. The smallest absolute Gasteiger partial charge is 0.407 e. The molecule has 3 aliphatic rings. The molecule has 35 heavy (non-hydrogen) atoms. The maximum absolute atomic E-state index is 12.9. The highest BCUT2D eigenvalue weighted by atomic mass is 16.5. The Labute approximate surface area is 204 Å². The number of carboxylic acids is 1. The Hall–Kier alpha value is -3.61. The Kier molecular flexibility index (Phi) is 6.09. The molecule has 182 valence electrons. The van der Waals surface area contributed by atoms with Gasteiger partial charge < -0.3 is 20.5 Å². The molecule has 2 fully saturated rings. The van der Waals surface area contributed by atoms with Crippen LogP contribution in [-0.4, -0.2) is 41.8 Å². The van der Waals surface area contributed by atoms with Crippen LogP contribution in [0.2, 0.25) is 0 Å². The molecule has 2 saturated carbocycles. The van der Waals surface area contributed by atoms with E-state index in [1.807, 2.05) is 24.3 Å². The first-order valence-corrected chi connectivity index (χ1v) is 12.2. The Bertz CT molecular complexity index is 1130. The van der Waals surface area contributed by atoms with E-state index in [0.717, 1.165) is 17.5 Å². The second kappa shape index (κ2) is 9.21. The number of carbonyl (C=O) groups is 3. The molecule has 0 bridgehead atoms. The van der Waals surface area contributed by atoms with Gasteiger partial charge >= 0.3 is 12.1 Å². The van der Waals surface area contributed by atoms with Crippen molar-refractivity contribution in [2.75, 3.05) is 6.61 Å². The second-order valence-electron chi connectivity index (χ2n) is 9.89. The van der Waals surface area contributed by atoms with E-state index in [9.17, 15) is 19.5 Å². The van der Waals surface area contributed by atoms with Gasteiger partial charge in [0.2, 0.25) is 5.91 Å². The van der Waals surface area contributed by atoms with E-state index in [1.165, 1.54) is 11.1 Å². The van der Waals surface area contributed by atoms with E-state index < -0.39 is 23.5 Å². The van der Waals surface area contributed by atoms with Crippen molar-refractivity contribution in [2.45, 2.75) is 50.1 Å². The zero-order valence-corrected chi connectivity index (χ0v) is 19.5. The van der Waals surface area contributed by atoms with Crippen molar-refractivity contribution in [1.29, 1.82) is 0 Å². The summed E-state index contributed by atoms with van der Waals surface area (Å²) in [5.41, 5.74) is 4.08. The minimum absolute atomic E-state index is 0.00855. The quantitative estimate of drug-likeness (QED) is 0.472. The first kappa shape index (κ1) is 23.1. The Morgan fingerprint density at radius 1 is 1.09 bits per heavy atom. The molecule has 3 aliphatic carbocycles. The molecule has 0 spiro atoms. The van der Waals surface area contributed by atoms with Crippen LogP contribution >= 0.6 is 0 Å². The van der Waals surface area contributed by atoms with Crippen LogP contribution in [0.3, 0.4) is 0 Å². The van der Waals surface area contributed by atoms with Crippen molar-refractivity contribution in [3.8, 4) is 11.1 Å². The van der Waals surface area contributed by atoms with Crippen LogP contribution in [0.5, 0.6) is 0 Å². The fraction of sp³-hybridized carbons (Fsp3) is 0.393. The molecular weight excluding hydrogens is 444 g/mol. The summed E-state index contributed by atoms with van der Waals surface area (Å²) in [5.74, 6) is -1.11. The predicted molar refractivity (Wildman–Crippen MR) is 131 cm³/mol. The molecule has 3 N–H and O–H groups in total. The summed E-state index contributed by atoms with van der Waals surface area (Å²) in [6, 6.07) is 15.3. The van der Waals surface area contributed by atoms with Gasteiger partial charge in [0.05, 0.1) is 5.41 Å². The van der Waals surface area contributed by atoms with Crippen molar-refractivity contribution < 1.29 is 24.2 Å². The minimum Gasteiger partial charge on any atom is -0.480 e. The number of rotatable bonds is 9. The van der Waals surface area contributed by atoms with Gasteiger partial charge in [0.15, 0.2) is 0 Å². The summed E-state index contributed by atoms with van der Waals surface area (Å²) in [7, 11) is 0. The molecule has 2 amide bonds. The van der Waals surface area contributed by atoms with Crippen molar-refractivity contribution >= 4 is 18.0 Å². The normalized spacial score (nSPS) is 24.5. The molecule has 4 atom stereocenters. The third kappa shape index (κ3) is 4.31. The van der Waals surface area contributed by atoms with Gasteiger partial charge in [-0.2, -0.15) is 0 Å². The van der Waals surface area contributed by atoms with Gasteiger partial charge in [0.25, 0.3) is 0 Å². The second-order valence-corrected chi connectivity index (χ2v) is 9.89. The molecule has 5 rings (SSSR count). The van der Waals surface area contributed by atoms with Gasteiger partial charge in [-0.25, -0.2) is 9.59 Å². The number of nitrogens with one attached hydrogen (secondary N) is 2. The lowest BCUT2D eigenvalue weighted by Gasteiger charge is -2.21. The zero-order valence-electron chi connectivity index (χ0n) is 19.5. The molecule has 0 heterocycles. The lowest BCUT2D eigenvalue weighted by molar-refractivity contribution is -0.143. The largest absolute Gasteiger partial charge is 0.480 e. The maximum Gasteiger partial charge on any atom is 0.407 e. The van der Waals surface area contributed by atoms with E-state index >= 15 is 0 Å². The summed E-state index contributed by atoms with van der Waals surface area (Å²) in [4.78, 5) is 37.0. The summed E-state index contributed by atoms with van der Waals surface area (Å²) >= 11 is 0. The van der Waals surface area contributed by atoms with Crippen molar-refractivity contribution in [2.24, 2.45) is 11.3 Å². The van der Waals surface area contributed by atoms with Gasteiger partial charge in [-0.15, -0.1) is 6.58 Å². The summed E-state index contributed by atoms with van der Waals surface area (Å²) < 4.78 is 5.65. The van der Waals surface area contributed by atoms with Crippen LogP contribution < -0.4 is 10.6 Å². The average molecular weight is 475 g/mol. The Balaban J connectivity index is 1.16. The molecule has 0 aliphatic heterocycles. The van der Waals surface area contributed by atoms with Crippen LogP contribution in [0.1, 0.15) is 49.1 Å². The van der Waals surface area contributed by atoms with Crippen LogP contribution in [0.15, 0.2) is 61.2 Å². The topological polar surface area (TPSA) is 105 Å². The fourth-order valence-corrected chi connectivity index (χ4v) is 5.94. The monoisotopic (exact) mass is 474 g/mol. The van der Waals surface area contributed by atoms with Gasteiger partial charge in [0.1, 0.15) is 12.6 Å². The van der Waals surface area contributed by atoms with Crippen LogP contribution in [0.4, 0.5) is 4.79 Å². The summed E-state index contributed by atoms with van der Waals surface area (Å²) in [6.07, 6.45) is 3.92. The number of hydrogen-bond donors (Lipinski definition) is 3. The highest BCUT2D eigenvalue weighted by Crippen LogP contribution is 2.63. The van der Waals surface area contributed by atoms with Gasteiger partial charge in [0, 0.05) is 12.0 Å². The van der Waals surface area contributed by atoms with Crippen LogP contribution in [0.25, 0.3) is 11.1 Å². The highest BCUT2D eigenvalue weighted by molar-refractivity contribution is 5.90. The van der Waals surface area contributed by atoms with E-state index in [-0.39, 0.29) is 30.4 Å². The molecular formula is C28H30N2O5. The SMILES string of the molecule is C=CCCC(NC(=O)[C@]12C[C@H](NC(=O)OCC3c4ccccc4-c4ccccc43)C[C@H]1C2)C(=O)O. The van der Waals surface area contributed by atoms with Crippen LogP contribution in [0, 0.1) is 11.3 Å². The number of alkyl carbamates (subject to hydrolysis) is 1. The van der Waals surface area contributed by atoms with Gasteiger partial charge in [-0.3, -0.25) is 4.79 Å². The lowest BCUT2D eigenvalue weighted by Crippen LogP contribution is -2.45. The number of fused-ring (bicyclic) bond motifs is 4. The standard InChI is InChI=1S/C28H30N2O5/c1-2-3-12-24(25(31)32)30-26(33)28-14-17(28)13-18(15-28)29-27(34)35-16-23-21-10-6-4-8-19(21)20-9-5-7-11-22(20)23/h2,4-11,17-18,23-24H,1,3,12-16H2,(H,29,34)(H,30,33)(H,31,32)/t17-,18+,24?,28+/m0/s1. The molecule has 2 aromatic rings. The molecule has 7 nitrogen and oxygen atoms in total. The molecule has 0 saturated heterocycles. The van der Waals surface area contributed by atoms with Gasteiger partial charge in [-0.05, 0) is 60.3 Å². The minimum atomic E-state index is -1.04. The Morgan fingerprint density at radius 3 is 2.37 bits per heavy atom. The number of benzene rings is 2. The maximum atomic E-state index is 12.9. The zero-order chi connectivity index (χ0) is 24.6. The molecule has 2 aromatic carbocycles. The van der Waals surface area contributed by atoms with E-state index in [4.69, 9.17) is 4.74 Å². The molecule has 1 unspecified atom stereocenters. The van der Waals surface area contributed by atoms with Crippen LogP contribution in [-0.2, 0) is 14.3 Å². The van der Waals surface area contributed by atoms with E-state index in [1.54, 1.807) is 6.08 Å². The molecule has 0 aromatic heterocycles. The number of ether oxygens (including phenoxy) is 1. The van der Waals surface area contributed by atoms with Crippen molar-refractivity contribution in [3.63, 3.8) is 0 Å². The van der Waals surface area contributed by atoms with E-state index in [2.05, 4.69) is 41.5 Å². The lowest BCUT2D eigenvalue weighted by atomic mass is 9.98. The Morgan fingerprint density at radius 2 is 1.74 bits per heavy atom. The van der Waals surface area contributed by atoms with Crippen molar-refractivity contribution in [1.82, 2.24) is 10.6 Å². The average Bonchev–Trinajstić information content (AvgIpc) is 3.28. The molecule has 7 heteroatoms. The van der Waals surface area contributed by atoms with Crippen molar-refractivity contribution in [3.05, 3.63) is 72.3 Å². The number of hydrogen-bond acceptors (Lipinski definition) is 4. The fourth-order valence-electron chi connectivity index (χ4n) is 5.94. The number of amides is 2. The number of aliphatic carboxylic acids is 1. The first-order valence-electron chi connectivity index (χ1n) is 12.2. The third-order valence-electron chi connectivity index (χ3n) is 7.79. The first-order chi connectivity index (χ1) is 16.9. The van der Waals surface area contributed by atoms with Gasteiger partial charge in [-0.1, -0.05) is 54.6 Å². The summed E-state index contributed by atoms with van der Waals surface area (Å²) in [5, 5.41) is 15.0. The van der Waals surface area contributed by atoms with E-state index in [0.29, 0.717) is 25.7 Å². The highest BCUT2D eigenvalue weighted by Gasteiger charge is 2.65. The predicted octanol–water partition coefficient (Wildman–Crippen LogP) is 4.23. The third-order valence-corrected chi connectivity index (χ3v) is 7.79. The number of carboxylic acid groups (broad SMARTS) is 1. The number of allylic oxidation sites excluding steroid dienone is 1. The summed E-state index contributed by atoms with van der Waals surface area (Å²) in [6.45, 7) is 3.85. The number of carbonyl (C=O) groups excluding carboxylic acids is 2.